The molecule has 0 heterocycles. The summed E-state index contributed by atoms with van der Waals surface area (Å²) < 4.78 is 0. The van der Waals surface area contributed by atoms with Crippen molar-refractivity contribution in [2.45, 2.75) is 110 Å². The average Bonchev–Trinajstić information content (AvgIpc) is 2.46. The van der Waals surface area contributed by atoms with Crippen molar-refractivity contribution in [3.05, 3.63) is 12.2 Å². The molecule has 0 aliphatic heterocycles. The van der Waals surface area contributed by atoms with Crippen LogP contribution in [0.25, 0.3) is 0 Å². The summed E-state index contributed by atoms with van der Waals surface area (Å²) in [6.07, 6.45) is 24.1. The molecule has 0 aliphatic carbocycles. The lowest BCUT2D eigenvalue weighted by Crippen LogP contribution is -1.89. The van der Waals surface area contributed by atoms with Crippen LogP contribution in [0.5, 0.6) is 0 Å². The second kappa shape index (κ2) is 17.5. The Morgan fingerprint density at radius 1 is 0.667 bits per heavy atom. The van der Waals surface area contributed by atoms with Gasteiger partial charge in [0.25, 0.3) is 0 Å². The summed E-state index contributed by atoms with van der Waals surface area (Å²) in [7, 11) is 0. The van der Waals surface area contributed by atoms with Crippen molar-refractivity contribution in [2.24, 2.45) is 0 Å². The van der Waals surface area contributed by atoms with Gasteiger partial charge in [-0.05, 0) is 39.0 Å². The largest absolute Gasteiger partial charge is 0.300 e. The molecule has 0 amide bonds. The molecule has 0 N–H and O–H groups in total. The summed E-state index contributed by atoms with van der Waals surface area (Å²) in [5.41, 5.74) is 0. The zero-order valence-electron chi connectivity index (χ0n) is 14.7. The van der Waals surface area contributed by atoms with Crippen LogP contribution in [0.1, 0.15) is 110 Å². The predicted octanol–water partition coefficient (Wildman–Crippen LogP) is 7.00. The third-order valence-electron chi connectivity index (χ3n) is 4.04. The van der Waals surface area contributed by atoms with E-state index < -0.39 is 0 Å². The lowest BCUT2D eigenvalue weighted by atomic mass is 10.1. The SMILES string of the molecule is CCCCCCCCC/C=C/CCCCCCCC(C)=O. The fourth-order valence-corrected chi connectivity index (χ4v) is 2.62. The zero-order chi connectivity index (χ0) is 15.6. The van der Waals surface area contributed by atoms with Gasteiger partial charge in [-0.25, -0.2) is 0 Å². The molecule has 0 aromatic rings. The Kier molecular flexibility index (Phi) is 17.0. The smallest absolute Gasteiger partial charge is 0.129 e. The van der Waals surface area contributed by atoms with Crippen molar-refractivity contribution in [1.82, 2.24) is 0 Å². The normalized spacial score (nSPS) is 11.3. The fraction of sp³-hybridized carbons (Fsp3) is 0.850. The minimum Gasteiger partial charge on any atom is -0.300 e. The molecule has 0 spiro atoms. The van der Waals surface area contributed by atoms with Crippen molar-refractivity contribution in [2.75, 3.05) is 0 Å². The lowest BCUT2D eigenvalue weighted by Gasteiger charge is -1.99. The Labute approximate surface area is 133 Å². The molecule has 0 aromatic heterocycles. The maximum absolute atomic E-state index is 10.8. The molecule has 0 radical (unpaired) electrons. The van der Waals surface area contributed by atoms with Crippen molar-refractivity contribution in [3.63, 3.8) is 0 Å². The van der Waals surface area contributed by atoms with Gasteiger partial charge in [-0.15, -0.1) is 0 Å². The topological polar surface area (TPSA) is 17.1 Å². The van der Waals surface area contributed by atoms with Gasteiger partial charge in [0.15, 0.2) is 0 Å². The van der Waals surface area contributed by atoms with Crippen molar-refractivity contribution >= 4 is 5.78 Å². The molecule has 124 valence electrons. The first kappa shape index (κ1) is 20.4. The van der Waals surface area contributed by atoms with Gasteiger partial charge in [-0.3, -0.25) is 0 Å². The number of rotatable bonds is 16. The number of unbranched alkanes of at least 4 members (excludes halogenated alkanes) is 12. The summed E-state index contributed by atoms with van der Waals surface area (Å²) in [6.45, 7) is 3.97. The molecular formula is C20H38O. The highest BCUT2D eigenvalue weighted by Gasteiger charge is 1.94. The first-order chi connectivity index (χ1) is 10.3. The van der Waals surface area contributed by atoms with Gasteiger partial charge in [-0.2, -0.15) is 0 Å². The van der Waals surface area contributed by atoms with Crippen molar-refractivity contribution in [1.29, 1.82) is 0 Å². The molecule has 0 saturated carbocycles. The molecule has 0 aromatic carbocycles. The van der Waals surface area contributed by atoms with E-state index in [-0.39, 0.29) is 0 Å². The first-order valence-electron chi connectivity index (χ1n) is 9.41. The van der Waals surface area contributed by atoms with Crippen LogP contribution >= 0.6 is 0 Å². The number of hydrogen-bond acceptors (Lipinski definition) is 1. The van der Waals surface area contributed by atoms with Crippen LogP contribution in [-0.4, -0.2) is 5.78 Å². The Hall–Kier alpha value is -0.590. The van der Waals surface area contributed by atoms with E-state index in [1.165, 1.54) is 83.5 Å². The van der Waals surface area contributed by atoms with Gasteiger partial charge in [0.1, 0.15) is 5.78 Å². The van der Waals surface area contributed by atoms with Gasteiger partial charge in [-0.1, -0.05) is 76.9 Å². The van der Waals surface area contributed by atoms with E-state index in [1.807, 2.05) is 0 Å². The summed E-state index contributed by atoms with van der Waals surface area (Å²) in [6, 6.07) is 0. The molecule has 1 heteroatoms. The minimum atomic E-state index is 0.336. The standard InChI is InChI=1S/C20H38O/c1-3-4-5-6-7-8-9-10-11-12-13-14-15-16-17-18-19-20(2)21/h11-12H,3-10,13-19H2,1-2H3/b12-11+. The van der Waals surface area contributed by atoms with E-state index in [4.69, 9.17) is 0 Å². The molecule has 0 rings (SSSR count). The van der Waals surface area contributed by atoms with Crippen LogP contribution in [0.15, 0.2) is 12.2 Å². The molecular weight excluding hydrogens is 256 g/mol. The maximum atomic E-state index is 10.8. The molecule has 1 nitrogen and oxygen atoms in total. The summed E-state index contributed by atoms with van der Waals surface area (Å²) in [5, 5.41) is 0. The number of carbonyl (C=O) groups excluding carboxylic acids is 1. The lowest BCUT2D eigenvalue weighted by molar-refractivity contribution is -0.117. The van der Waals surface area contributed by atoms with Crippen LogP contribution in [-0.2, 0) is 4.79 Å². The molecule has 0 fully saturated rings. The van der Waals surface area contributed by atoms with Crippen LogP contribution in [0.4, 0.5) is 0 Å². The minimum absolute atomic E-state index is 0.336. The van der Waals surface area contributed by atoms with Gasteiger partial charge in [0, 0.05) is 6.42 Å². The number of hydrogen-bond donors (Lipinski definition) is 0. The fourth-order valence-electron chi connectivity index (χ4n) is 2.62. The Balaban J connectivity index is 3.07. The van der Waals surface area contributed by atoms with Gasteiger partial charge >= 0.3 is 0 Å². The number of carbonyl (C=O) groups is 1. The van der Waals surface area contributed by atoms with Crippen LogP contribution in [0, 0.1) is 0 Å². The van der Waals surface area contributed by atoms with Gasteiger partial charge in [0.05, 0.1) is 0 Å². The third kappa shape index (κ3) is 19.4. The zero-order valence-corrected chi connectivity index (χ0v) is 14.7. The van der Waals surface area contributed by atoms with E-state index in [0.29, 0.717) is 5.78 Å². The van der Waals surface area contributed by atoms with Crippen LogP contribution < -0.4 is 0 Å². The second-order valence-corrected chi connectivity index (χ2v) is 6.39. The predicted molar refractivity (Wildman–Crippen MR) is 94.8 cm³/mol. The second-order valence-electron chi connectivity index (χ2n) is 6.39. The quantitative estimate of drug-likeness (QED) is 0.221. The maximum Gasteiger partial charge on any atom is 0.129 e. The van der Waals surface area contributed by atoms with Crippen LogP contribution in [0.2, 0.25) is 0 Å². The van der Waals surface area contributed by atoms with E-state index in [1.54, 1.807) is 6.92 Å². The van der Waals surface area contributed by atoms with Gasteiger partial charge < -0.3 is 4.79 Å². The molecule has 0 aliphatic rings. The molecule has 0 bridgehead atoms. The third-order valence-corrected chi connectivity index (χ3v) is 4.04. The Morgan fingerprint density at radius 2 is 1.10 bits per heavy atom. The molecule has 0 saturated heterocycles. The monoisotopic (exact) mass is 294 g/mol. The molecule has 0 unspecified atom stereocenters. The highest BCUT2D eigenvalue weighted by Crippen LogP contribution is 2.10. The van der Waals surface area contributed by atoms with Crippen molar-refractivity contribution in [3.8, 4) is 0 Å². The van der Waals surface area contributed by atoms with Gasteiger partial charge in [0.2, 0.25) is 0 Å². The first-order valence-corrected chi connectivity index (χ1v) is 9.41. The number of allylic oxidation sites excluding steroid dienone is 2. The summed E-state index contributed by atoms with van der Waals surface area (Å²) >= 11 is 0. The van der Waals surface area contributed by atoms with Crippen LogP contribution in [0.3, 0.4) is 0 Å². The molecule has 21 heavy (non-hydrogen) atoms. The van der Waals surface area contributed by atoms with E-state index in [0.717, 1.165) is 12.8 Å². The summed E-state index contributed by atoms with van der Waals surface area (Å²) in [5.74, 6) is 0.336. The Morgan fingerprint density at radius 3 is 1.57 bits per heavy atom. The van der Waals surface area contributed by atoms with E-state index in [2.05, 4.69) is 19.1 Å². The Bertz CT molecular complexity index is 242. The average molecular weight is 295 g/mol. The van der Waals surface area contributed by atoms with E-state index >= 15 is 0 Å². The highest BCUT2D eigenvalue weighted by molar-refractivity contribution is 5.75. The number of Topliss-reactive ketones (excluding diaryl/α,β-unsaturated/α-hetero) is 1. The van der Waals surface area contributed by atoms with Crippen molar-refractivity contribution < 1.29 is 4.79 Å². The summed E-state index contributed by atoms with van der Waals surface area (Å²) in [4.78, 5) is 10.8. The highest BCUT2D eigenvalue weighted by atomic mass is 16.1. The number of ketones is 1. The van der Waals surface area contributed by atoms with E-state index in [9.17, 15) is 4.79 Å². The molecule has 0 atom stereocenters.